The highest BCUT2D eigenvalue weighted by molar-refractivity contribution is 6.30. The summed E-state index contributed by atoms with van der Waals surface area (Å²) in [5.74, 6) is 0. The number of hydrogen-bond acceptors (Lipinski definition) is 1. The van der Waals surface area contributed by atoms with Crippen LogP contribution in [0, 0.1) is 0 Å². The average molecular weight is 227 g/mol. The number of hydrogen-bond donors (Lipinski definition) is 0. The van der Waals surface area contributed by atoms with Crippen LogP contribution >= 0.6 is 11.6 Å². The van der Waals surface area contributed by atoms with E-state index in [4.69, 9.17) is 16.3 Å². The molecule has 0 aromatic heterocycles. The highest BCUT2D eigenvalue weighted by atomic mass is 35.5. The summed E-state index contributed by atoms with van der Waals surface area (Å²) in [7, 11) is 0. The predicted molar refractivity (Wildman–Crippen MR) is 65.5 cm³/mol. The average Bonchev–Trinajstić information content (AvgIpc) is 2.18. The van der Waals surface area contributed by atoms with Crippen LogP contribution in [0.1, 0.15) is 32.3 Å². The van der Waals surface area contributed by atoms with E-state index in [0.717, 1.165) is 24.5 Å². The Labute approximate surface area is 97.4 Å². The molecule has 84 valence electrons. The van der Waals surface area contributed by atoms with E-state index in [1.54, 1.807) is 0 Å². The van der Waals surface area contributed by atoms with Gasteiger partial charge < -0.3 is 4.74 Å². The SMILES string of the molecule is CCCC(C)OCCc1cccc(Cl)c1. The summed E-state index contributed by atoms with van der Waals surface area (Å²) < 4.78 is 5.68. The standard InChI is InChI=1S/C13H19ClO/c1-3-5-11(2)15-9-8-12-6-4-7-13(14)10-12/h4,6-7,10-11H,3,5,8-9H2,1-2H3. The Morgan fingerprint density at radius 3 is 2.87 bits per heavy atom. The van der Waals surface area contributed by atoms with Gasteiger partial charge in [-0.1, -0.05) is 37.1 Å². The molecule has 1 aromatic carbocycles. The highest BCUT2D eigenvalue weighted by Gasteiger charge is 2.00. The van der Waals surface area contributed by atoms with Crippen molar-refractivity contribution in [3.8, 4) is 0 Å². The highest BCUT2D eigenvalue weighted by Crippen LogP contribution is 2.11. The molecule has 1 unspecified atom stereocenters. The molecule has 1 nitrogen and oxygen atoms in total. The summed E-state index contributed by atoms with van der Waals surface area (Å²) in [5, 5.41) is 0.800. The fraction of sp³-hybridized carbons (Fsp3) is 0.538. The molecule has 0 saturated heterocycles. The molecule has 1 aromatic rings. The minimum Gasteiger partial charge on any atom is -0.378 e. The Bertz CT molecular complexity index is 286. The van der Waals surface area contributed by atoms with Gasteiger partial charge in [-0.05, 0) is 37.5 Å². The van der Waals surface area contributed by atoms with Crippen LogP contribution in [0.3, 0.4) is 0 Å². The van der Waals surface area contributed by atoms with E-state index in [-0.39, 0.29) is 0 Å². The summed E-state index contributed by atoms with van der Waals surface area (Å²) in [6.45, 7) is 5.08. The normalized spacial score (nSPS) is 12.7. The lowest BCUT2D eigenvalue weighted by molar-refractivity contribution is 0.0621. The van der Waals surface area contributed by atoms with Crippen molar-refractivity contribution in [1.82, 2.24) is 0 Å². The predicted octanol–water partition coefficient (Wildman–Crippen LogP) is 4.09. The molecule has 0 heterocycles. The molecule has 0 amide bonds. The van der Waals surface area contributed by atoms with E-state index >= 15 is 0 Å². The monoisotopic (exact) mass is 226 g/mol. The molecule has 0 bridgehead atoms. The number of halogens is 1. The van der Waals surface area contributed by atoms with Gasteiger partial charge in [0.2, 0.25) is 0 Å². The third kappa shape index (κ3) is 5.19. The molecular weight excluding hydrogens is 208 g/mol. The van der Waals surface area contributed by atoms with Crippen molar-refractivity contribution in [2.24, 2.45) is 0 Å². The van der Waals surface area contributed by atoms with E-state index in [0.29, 0.717) is 6.10 Å². The van der Waals surface area contributed by atoms with Gasteiger partial charge in [-0.2, -0.15) is 0 Å². The van der Waals surface area contributed by atoms with Gasteiger partial charge in [-0.15, -0.1) is 0 Å². The number of rotatable bonds is 6. The lowest BCUT2D eigenvalue weighted by Gasteiger charge is -2.11. The van der Waals surface area contributed by atoms with Crippen molar-refractivity contribution in [2.75, 3.05) is 6.61 Å². The van der Waals surface area contributed by atoms with Gasteiger partial charge in [0.25, 0.3) is 0 Å². The van der Waals surface area contributed by atoms with E-state index in [1.807, 2.05) is 18.2 Å². The smallest absolute Gasteiger partial charge is 0.0547 e. The fourth-order valence-electron chi connectivity index (χ4n) is 1.56. The molecule has 0 N–H and O–H groups in total. The Hall–Kier alpha value is -0.530. The van der Waals surface area contributed by atoms with Crippen LogP contribution in [0.15, 0.2) is 24.3 Å². The maximum Gasteiger partial charge on any atom is 0.0547 e. The Balaban J connectivity index is 2.25. The zero-order valence-electron chi connectivity index (χ0n) is 9.50. The maximum absolute atomic E-state index is 5.90. The molecule has 1 atom stereocenters. The molecule has 0 aliphatic carbocycles. The molecule has 1 rings (SSSR count). The van der Waals surface area contributed by atoms with Crippen LogP contribution in [0.2, 0.25) is 5.02 Å². The first kappa shape index (κ1) is 12.5. The van der Waals surface area contributed by atoms with Crippen molar-refractivity contribution < 1.29 is 4.74 Å². The van der Waals surface area contributed by atoms with E-state index in [2.05, 4.69) is 19.9 Å². The van der Waals surface area contributed by atoms with Crippen LogP contribution in [-0.4, -0.2) is 12.7 Å². The van der Waals surface area contributed by atoms with Crippen LogP contribution in [-0.2, 0) is 11.2 Å². The molecular formula is C13H19ClO. The fourth-order valence-corrected chi connectivity index (χ4v) is 1.77. The van der Waals surface area contributed by atoms with E-state index < -0.39 is 0 Å². The lowest BCUT2D eigenvalue weighted by Crippen LogP contribution is -2.10. The first-order chi connectivity index (χ1) is 7.22. The van der Waals surface area contributed by atoms with Crippen LogP contribution < -0.4 is 0 Å². The van der Waals surface area contributed by atoms with Gasteiger partial charge >= 0.3 is 0 Å². The number of benzene rings is 1. The Kier molecular flexibility index (Phi) is 5.74. The largest absolute Gasteiger partial charge is 0.378 e. The minimum absolute atomic E-state index is 0.370. The van der Waals surface area contributed by atoms with Crippen molar-refractivity contribution >= 4 is 11.6 Å². The second-order valence-corrected chi connectivity index (χ2v) is 4.29. The van der Waals surface area contributed by atoms with Crippen LogP contribution in [0.5, 0.6) is 0 Å². The molecule has 0 aliphatic rings. The first-order valence-corrected chi connectivity index (χ1v) is 5.96. The molecule has 2 heteroatoms. The summed E-state index contributed by atoms with van der Waals surface area (Å²) in [5.41, 5.74) is 1.24. The van der Waals surface area contributed by atoms with Gasteiger partial charge in [-0.25, -0.2) is 0 Å². The Morgan fingerprint density at radius 2 is 2.20 bits per heavy atom. The van der Waals surface area contributed by atoms with Gasteiger partial charge in [0.1, 0.15) is 0 Å². The summed E-state index contributed by atoms with van der Waals surface area (Å²) >= 11 is 5.90. The van der Waals surface area contributed by atoms with Crippen molar-refractivity contribution in [2.45, 2.75) is 39.2 Å². The van der Waals surface area contributed by atoms with Crippen molar-refractivity contribution in [1.29, 1.82) is 0 Å². The quantitative estimate of drug-likeness (QED) is 0.710. The van der Waals surface area contributed by atoms with Crippen LogP contribution in [0.25, 0.3) is 0 Å². The summed E-state index contributed by atoms with van der Waals surface area (Å²) in [6.07, 6.45) is 3.62. The molecule has 0 radical (unpaired) electrons. The molecule has 0 aliphatic heterocycles. The second-order valence-electron chi connectivity index (χ2n) is 3.85. The second kappa shape index (κ2) is 6.86. The topological polar surface area (TPSA) is 9.23 Å². The van der Waals surface area contributed by atoms with E-state index in [1.165, 1.54) is 12.0 Å². The van der Waals surface area contributed by atoms with Crippen LogP contribution in [0.4, 0.5) is 0 Å². The number of ether oxygens (including phenoxy) is 1. The van der Waals surface area contributed by atoms with Crippen molar-refractivity contribution in [3.05, 3.63) is 34.9 Å². The summed E-state index contributed by atoms with van der Waals surface area (Å²) in [6, 6.07) is 7.95. The van der Waals surface area contributed by atoms with Gasteiger partial charge in [-0.3, -0.25) is 0 Å². The summed E-state index contributed by atoms with van der Waals surface area (Å²) in [4.78, 5) is 0. The minimum atomic E-state index is 0.370. The zero-order valence-corrected chi connectivity index (χ0v) is 10.3. The zero-order chi connectivity index (χ0) is 11.1. The van der Waals surface area contributed by atoms with Gasteiger partial charge in [0.05, 0.1) is 12.7 Å². The van der Waals surface area contributed by atoms with Crippen molar-refractivity contribution in [3.63, 3.8) is 0 Å². The third-order valence-electron chi connectivity index (χ3n) is 2.38. The molecule has 0 spiro atoms. The van der Waals surface area contributed by atoms with Gasteiger partial charge in [0.15, 0.2) is 0 Å². The van der Waals surface area contributed by atoms with E-state index in [9.17, 15) is 0 Å². The lowest BCUT2D eigenvalue weighted by atomic mass is 10.1. The first-order valence-electron chi connectivity index (χ1n) is 5.58. The Morgan fingerprint density at radius 1 is 1.40 bits per heavy atom. The van der Waals surface area contributed by atoms with Gasteiger partial charge in [0, 0.05) is 5.02 Å². The maximum atomic E-state index is 5.90. The molecule has 0 saturated carbocycles. The molecule has 15 heavy (non-hydrogen) atoms. The molecule has 0 fully saturated rings. The third-order valence-corrected chi connectivity index (χ3v) is 2.61.